The van der Waals surface area contributed by atoms with Gasteiger partial charge in [-0.05, 0) is 18.1 Å². The van der Waals surface area contributed by atoms with Crippen molar-refractivity contribution in [3.05, 3.63) is 0 Å². The van der Waals surface area contributed by atoms with Crippen molar-refractivity contribution < 1.29 is 4.79 Å². The van der Waals surface area contributed by atoms with Gasteiger partial charge in [0.05, 0.1) is 0 Å². The average Bonchev–Trinajstić information content (AvgIpc) is 1.97. The Kier molecular flexibility index (Phi) is 6.25. The van der Waals surface area contributed by atoms with Gasteiger partial charge in [0.2, 0.25) is 5.91 Å². The van der Waals surface area contributed by atoms with Crippen LogP contribution >= 0.6 is 11.8 Å². The molecule has 0 aliphatic carbocycles. The molecule has 2 nitrogen and oxygen atoms in total. The molecule has 0 spiro atoms. The Balaban J connectivity index is 3.25. The van der Waals surface area contributed by atoms with Crippen LogP contribution in [0.5, 0.6) is 0 Å². The van der Waals surface area contributed by atoms with Crippen LogP contribution in [-0.2, 0) is 4.79 Å². The van der Waals surface area contributed by atoms with Crippen molar-refractivity contribution in [2.75, 3.05) is 11.5 Å². The number of hydrogen-bond donors (Lipinski definition) is 1. The summed E-state index contributed by atoms with van der Waals surface area (Å²) in [4.78, 5) is 10.6. The molecule has 1 atom stereocenters. The molecule has 1 unspecified atom stereocenters. The van der Waals surface area contributed by atoms with Gasteiger partial charge < -0.3 is 5.73 Å². The van der Waals surface area contributed by atoms with Crippen molar-refractivity contribution >= 4 is 17.7 Å². The van der Waals surface area contributed by atoms with Gasteiger partial charge in [0.1, 0.15) is 0 Å². The molecular formula is C9H19NOS. The van der Waals surface area contributed by atoms with Crippen LogP contribution in [-0.4, -0.2) is 17.4 Å². The van der Waals surface area contributed by atoms with Crippen LogP contribution in [0, 0.1) is 11.8 Å². The number of carbonyl (C=O) groups is 1. The van der Waals surface area contributed by atoms with Crippen LogP contribution in [0.15, 0.2) is 0 Å². The molecule has 0 heterocycles. The van der Waals surface area contributed by atoms with E-state index in [9.17, 15) is 4.79 Å². The lowest BCUT2D eigenvalue weighted by molar-refractivity contribution is -0.120. The summed E-state index contributed by atoms with van der Waals surface area (Å²) >= 11 is 1.82. The molecule has 3 heteroatoms. The van der Waals surface area contributed by atoms with Crippen molar-refractivity contribution in [1.29, 1.82) is 0 Å². The third-order valence-electron chi connectivity index (χ3n) is 1.69. The fourth-order valence-electron chi connectivity index (χ4n) is 0.661. The van der Waals surface area contributed by atoms with E-state index in [0.29, 0.717) is 0 Å². The zero-order valence-electron chi connectivity index (χ0n) is 8.17. The Bertz CT molecular complexity index is 136. The molecule has 2 N–H and O–H groups in total. The van der Waals surface area contributed by atoms with Crippen LogP contribution < -0.4 is 5.73 Å². The predicted molar refractivity (Wildman–Crippen MR) is 55.1 cm³/mol. The number of thioether (sulfide) groups is 1. The Morgan fingerprint density at radius 3 is 2.42 bits per heavy atom. The highest BCUT2D eigenvalue weighted by molar-refractivity contribution is 7.99. The first-order valence-electron chi connectivity index (χ1n) is 4.41. The monoisotopic (exact) mass is 189 g/mol. The van der Waals surface area contributed by atoms with Gasteiger partial charge in [-0.3, -0.25) is 4.79 Å². The number of rotatable bonds is 6. The van der Waals surface area contributed by atoms with E-state index < -0.39 is 0 Å². The highest BCUT2D eigenvalue weighted by atomic mass is 32.2. The average molecular weight is 189 g/mol. The molecule has 0 bridgehead atoms. The molecule has 0 aromatic heterocycles. The van der Waals surface area contributed by atoms with Crippen molar-refractivity contribution in [3.63, 3.8) is 0 Å². The lowest BCUT2D eigenvalue weighted by Crippen LogP contribution is -2.22. The second kappa shape index (κ2) is 6.35. The van der Waals surface area contributed by atoms with Crippen LogP contribution in [0.4, 0.5) is 0 Å². The molecule has 0 aliphatic rings. The zero-order chi connectivity index (χ0) is 9.56. The summed E-state index contributed by atoms with van der Waals surface area (Å²) in [7, 11) is 0. The van der Waals surface area contributed by atoms with Gasteiger partial charge in [0.15, 0.2) is 0 Å². The summed E-state index contributed by atoms with van der Waals surface area (Å²) < 4.78 is 0. The molecule has 72 valence electrons. The van der Waals surface area contributed by atoms with E-state index >= 15 is 0 Å². The molecule has 0 saturated carbocycles. The van der Waals surface area contributed by atoms with E-state index in [-0.39, 0.29) is 11.8 Å². The topological polar surface area (TPSA) is 43.1 Å². The maximum atomic E-state index is 10.6. The summed E-state index contributed by atoms with van der Waals surface area (Å²) in [5, 5.41) is 0. The van der Waals surface area contributed by atoms with Gasteiger partial charge in [-0.2, -0.15) is 11.8 Å². The van der Waals surface area contributed by atoms with E-state index in [2.05, 4.69) is 13.8 Å². The molecular weight excluding hydrogens is 170 g/mol. The summed E-state index contributed by atoms with van der Waals surface area (Å²) in [6.45, 7) is 6.29. The van der Waals surface area contributed by atoms with Crippen LogP contribution in [0.25, 0.3) is 0 Å². The largest absolute Gasteiger partial charge is 0.369 e. The third-order valence-corrected chi connectivity index (χ3v) is 2.95. The number of primary amides is 1. The van der Waals surface area contributed by atoms with Crippen LogP contribution in [0.2, 0.25) is 0 Å². The molecule has 0 aromatic rings. The van der Waals surface area contributed by atoms with Crippen LogP contribution in [0.3, 0.4) is 0 Å². The zero-order valence-corrected chi connectivity index (χ0v) is 8.99. The molecule has 0 saturated heterocycles. The number of hydrogen-bond acceptors (Lipinski definition) is 2. The molecule has 0 radical (unpaired) electrons. The van der Waals surface area contributed by atoms with Crippen molar-refractivity contribution in [2.24, 2.45) is 17.6 Å². The molecule has 0 rings (SSSR count). The Hall–Kier alpha value is -0.180. The highest BCUT2D eigenvalue weighted by Gasteiger charge is 2.07. The normalized spacial score (nSPS) is 13.3. The minimum absolute atomic E-state index is 0.0159. The molecule has 12 heavy (non-hydrogen) atoms. The van der Waals surface area contributed by atoms with Gasteiger partial charge in [-0.25, -0.2) is 0 Å². The molecule has 0 aromatic carbocycles. The molecule has 1 amide bonds. The minimum atomic E-state index is -0.188. The van der Waals surface area contributed by atoms with Gasteiger partial charge in [0.25, 0.3) is 0 Å². The fraction of sp³-hybridized carbons (Fsp3) is 0.889. The van der Waals surface area contributed by atoms with Gasteiger partial charge in [-0.15, -0.1) is 0 Å². The summed E-state index contributed by atoms with van der Waals surface area (Å²) in [6, 6.07) is 0. The quantitative estimate of drug-likeness (QED) is 0.648. The number of amides is 1. The second-order valence-electron chi connectivity index (χ2n) is 3.56. The lowest BCUT2D eigenvalue weighted by atomic mass is 10.2. The summed E-state index contributed by atoms with van der Waals surface area (Å²) in [5.41, 5.74) is 5.13. The number of nitrogens with two attached hydrogens (primary N) is 1. The number of carbonyl (C=O) groups excluding carboxylic acids is 1. The van der Waals surface area contributed by atoms with Gasteiger partial charge in [0, 0.05) is 11.7 Å². The fourth-order valence-corrected chi connectivity index (χ4v) is 1.98. The maximum Gasteiger partial charge on any atom is 0.221 e. The van der Waals surface area contributed by atoms with Crippen molar-refractivity contribution in [2.45, 2.75) is 27.2 Å². The molecule has 0 fully saturated rings. The summed E-state index contributed by atoms with van der Waals surface area (Å²) in [5.74, 6) is 2.58. The van der Waals surface area contributed by atoms with E-state index in [4.69, 9.17) is 5.73 Å². The Morgan fingerprint density at radius 2 is 2.00 bits per heavy atom. The highest BCUT2D eigenvalue weighted by Crippen LogP contribution is 2.12. The first-order valence-corrected chi connectivity index (χ1v) is 5.56. The lowest BCUT2D eigenvalue weighted by Gasteiger charge is -2.07. The predicted octanol–water partition coefficient (Wildman–Crippen LogP) is 1.89. The van der Waals surface area contributed by atoms with Gasteiger partial charge in [-0.1, -0.05) is 20.8 Å². The maximum absolute atomic E-state index is 10.6. The van der Waals surface area contributed by atoms with E-state index in [0.717, 1.165) is 17.4 Å². The summed E-state index contributed by atoms with van der Waals surface area (Å²) in [6.07, 6.45) is 1.22. The Labute approximate surface area is 79.3 Å². The first kappa shape index (κ1) is 11.8. The minimum Gasteiger partial charge on any atom is -0.369 e. The SMILES string of the molecule is CC(C)CCSCC(C)C(N)=O. The van der Waals surface area contributed by atoms with Crippen molar-refractivity contribution in [1.82, 2.24) is 0 Å². The second-order valence-corrected chi connectivity index (χ2v) is 4.71. The third kappa shape index (κ3) is 6.53. The van der Waals surface area contributed by atoms with E-state index in [1.807, 2.05) is 18.7 Å². The first-order chi connectivity index (χ1) is 5.54. The van der Waals surface area contributed by atoms with E-state index in [1.54, 1.807) is 0 Å². The van der Waals surface area contributed by atoms with Gasteiger partial charge >= 0.3 is 0 Å². The standard InChI is InChI=1S/C9H19NOS/c1-7(2)4-5-12-6-8(3)9(10)11/h7-8H,4-6H2,1-3H3,(H2,10,11). The molecule has 0 aliphatic heterocycles. The Morgan fingerprint density at radius 1 is 1.42 bits per heavy atom. The van der Waals surface area contributed by atoms with Crippen LogP contribution in [0.1, 0.15) is 27.2 Å². The van der Waals surface area contributed by atoms with Crippen molar-refractivity contribution in [3.8, 4) is 0 Å². The smallest absolute Gasteiger partial charge is 0.221 e. The van der Waals surface area contributed by atoms with E-state index in [1.165, 1.54) is 6.42 Å².